The van der Waals surface area contributed by atoms with Crippen LogP contribution < -0.4 is 9.62 Å². The van der Waals surface area contributed by atoms with Gasteiger partial charge < -0.3 is 4.90 Å². The van der Waals surface area contributed by atoms with E-state index in [0.717, 1.165) is 23.2 Å². The predicted molar refractivity (Wildman–Crippen MR) is 97.9 cm³/mol. The van der Waals surface area contributed by atoms with Gasteiger partial charge in [-0.2, -0.15) is 0 Å². The normalized spacial score (nSPS) is 16.2. The molecule has 0 radical (unpaired) electrons. The minimum Gasteiger partial charge on any atom is -0.312 e. The Kier molecular flexibility index (Phi) is 4.92. The van der Waals surface area contributed by atoms with Crippen molar-refractivity contribution in [1.29, 1.82) is 0 Å². The van der Waals surface area contributed by atoms with Crippen LogP contribution in [-0.2, 0) is 14.8 Å². The summed E-state index contributed by atoms with van der Waals surface area (Å²) in [6.45, 7) is 4.48. The highest BCUT2D eigenvalue weighted by atomic mass is 32.2. The minimum atomic E-state index is -3.63. The molecule has 1 fully saturated rings. The molecule has 132 valence electrons. The number of nitrogens with zero attached hydrogens (tertiary/aromatic N) is 1. The Morgan fingerprint density at radius 2 is 1.76 bits per heavy atom. The molecule has 1 aliphatic heterocycles. The lowest BCUT2D eigenvalue weighted by Gasteiger charge is -2.18. The van der Waals surface area contributed by atoms with Crippen LogP contribution in [0.4, 0.5) is 5.69 Å². The Hall–Kier alpha value is -2.18. The van der Waals surface area contributed by atoms with Crippen molar-refractivity contribution >= 4 is 21.6 Å². The fraction of sp³-hybridized carbons (Fsp3) is 0.316. The van der Waals surface area contributed by atoms with E-state index in [4.69, 9.17) is 0 Å². The summed E-state index contributed by atoms with van der Waals surface area (Å²) in [5, 5.41) is 0. The second-order valence-electron chi connectivity index (χ2n) is 6.34. The highest BCUT2D eigenvalue weighted by molar-refractivity contribution is 7.89. The van der Waals surface area contributed by atoms with Gasteiger partial charge in [-0.3, -0.25) is 4.79 Å². The second-order valence-corrected chi connectivity index (χ2v) is 8.06. The van der Waals surface area contributed by atoms with Crippen molar-refractivity contribution in [1.82, 2.24) is 4.72 Å². The number of sulfonamides is 1. The molecule has 1 aliphatic rings. The molecule has 1 amide bonds. The first-order valence-corrected chi connectivity index (χ1v) is 9.85. The van der Waals surface area contributed by atoms with Gasteiger partial charge in [-0.05, 0) is 55.7 Å². The first kappa shape index (κ1) is 17.6. The highest BCUT2D eigenvalue weighted by Crippen LogP contribution is 2.24. The van der Waals surface area contributed by atoms with Crippen LogP contribution in [0.5, 0.6) is 0 Å². The molecule has 25 heavy (non-hydrogen) atoms. The standard InChI is InChI=1S/C19H22N2O3S/c1-14-6-3-4-7-18(14)15(2)20-25(23,24)17-11-9-16(10-12-17)21-13-5-8-19(21)22/h3-4,6-7,9-12,15,20H,5,8,13H2,1-2H3. The molecular weight excluding hydrogens is 336 g/mol. The number of nitrogens with one attached hydrogen (secondary N) is 1. The van der Waals surface area contributed by atoms with Gasteiger partial charge in [0.1, 0.15) is 0 Å². The molecule has 1 saturated heterocycles. The molecule has 6 heteroatoms. The molecule has 0 spiro atoms. The van der Waals surface area contributed by atoms with E-state index in [1.807, 2.05) is 38.1 Å². The SMILES string of the molecule is Cc1ccccc1C(C)NS(=O)(=O)c1ccc(N2CCCC2=O)cc1. The van der Waals surface area contributed by atoms with Gasteiger partial charge in [-0.15, -0.1) is 0 Å². The topological polar surface area (TPSA) is 66.5 Å². The Morgan fingerprint density at radius 3 is 2.36 bits per heavy atom. The van der Waals surface area contributed by atoms with Crippen LogP contribution >= 0.6 is 0 Å². The number of hydrogen-bond donors (Lipinski definition) is 1. The number of aryl methyl sites for hydroxylation is 1. The van der Waals surface area contributed by atoms with Crippen molar-refractivity contribution < 1.29 is 13.2 Å². The van der Waals surface area contributed by atoms with Gasteiger partial charge in [0.15, 0.2) is 0 Å². The second kappa shape index (κ2) is 6.98. The zero-order chi connectivity index (χ0) is 18.0. The third-order valence-electron chi connectivity index (χ3n) is 4.52. The van der Waals surface area contributed by atoms with Crippen LogP contribution in [0.25, 0.3) is 0 Å². The largest absolute Gasteiger partial charge is 0.312 e. The lowest BCUT2D eigenvalue weighted by molar-refractivity contribution is -0.117. The van der Waals surface area contributed by atoms with E-state index in [9.17, 15) is 13.2 Å². The lowest BCUT2D eigenvalue weighted by Crippen LogP contribution is -2.27. The van der Waals surface area contributed by atoms with Crippen molar-refractivity contribution in [2.75, 3.05) is 11.4 Å². The van der Waals surface area contributed by atoms with E-state index in [2.05, 4.69) is 4.72 Å². The average Bonchev–Trinajstić information content (AvgIpc) is 3.01. The fourth-order valence-corrected chi connectivity index (χ4v) is 4.39. The van der Waals surface area contributed by atoms with Crippen molar-refractivity contribution in [3.8, 4) is 0 Å². The van der Waals surface area contributed by atoms with Crippen molar-refractivity contribution in [3.05, 3.63) is 59.7 Å². The van der Waals surface area contributed by atoms with Crippen LogP contribution in [0.2, 0.25) is 0 Å². The molecule has 0 bridgehead atoms. The molecule has 0 saturated carbocycles. The Morgan fingerprint density at radius 1 is 1.08 bits per heavy atom. The summed E-state index contributed by atoms with van der Waals surface area (Å²) in [5.74, 6) is 0.0851. The quantitative estimate of drug-likeness (QED) is 0.893. The smallest absolute Gasteiger partial charge is 0.241 e. The summed E-state index contributed by atoms with van der Waals surface area (Å²) in [6, 6.07) is 13.9. The Bertz CT molecular complexity index is 876. The number of amides is 1. The molecule has 1 heterocycles. The van der Waals surface area contributed by atoms with Crippen molar-refractivity contribution in [2.45, 2.75) is 37.6 Å². The Balaban J connectivity index is 1.78. The number of benzene rings is 2. The van der Waals surface area contributed by atoms with E-state index >= 15 is 0 Å². The molecule has 2 aromatic rings. The van der Waals surface area contributed by atoms with Gasteiger partial charge in [-0.25, -0.2) is 13.1 Å². The molecule has 0 aromatic heterocycles. The molecule has 1 N–H and O–H groups in total. The van der Waals surface area contributed by atoms with Gasteiger partial charge in [0.05, 0.1) is 4.90 Å². The number of hydrogen-bond acceptors (Lipinski definition) is 3. The monoisotopic (exact) mass is 358 g/mol. The van der Waals surface area contributed by atoms with Crippen LogP contribution in [0, 0.1) is 6.92 Å². The number of rotatable bonds is 5. The van der Waals surface area contributed by atoms with E-state index in [-0.39, 0.29) is 16.8 Å². The van der Waals surface area contributed by atoms with E-state index in [1.165, 1.54) is 0 Å². The molecule has 1 unspecified atom stereocenters. The Labute approximate surface area is 148 Å². The molecule has 1 atom stereocenters. The van der Waals surface area contributed by atoms with Crippen LogP contribution in [0.1, 0.15) is 36.9 Å². The van der Waals surface area contributed by atoms with Crippen LogP contribution in [0.3, 0.4) is 0 Å². The van der Waals surface area contributed by atoms with Crippen LogP contribution in [0.15, 0.2) is 53.4 Å². The van der Waals surface area contributed by atoms with Crippen molar-refractivity contribution in [3.63, 3.8) is 0 Å². The average molecular weight is 358 g/mol. The maximum Gasteiger partial charge on any atom is 0.241 e. The van der Waals surface area contributed by atoms with Gasteiger partial charge in [0, 0.05) is 24.7 Å². The lowest BCUT2D eigenvalue weighted by atomic mass is 10.0. The first-order chi connectivity index (χ1) is 11.9. The third-order valence-corrected chi connectivity index (χ3v) is 6.08. The van der Waals surface area contributed by atoms with Gasteiger partial charge in [-0.1, -0.05) is 24.3 Å². The zero-order valence-corrected chi connectivity index (χ0v) is 15.2. The number of carbonyl (C=O) groups is 1. The summed E-state index contributed by atoms with van der Waals surface area (Å²) in [5.41, 5.74) is 2.74. The summed E-state index contributed by atoms with van der Waals surface area (Å²) < 4.78 is 28.0. The van der Waals surface area contributed by atoms with E-state index < -0.39 is 10.0 Å². The number of anilines is 1. The minimum absolute atomic E-state index is 0.0851. The van der Waals surface area contributed by atoms with E-state index in [0.29, 0.717) is 13.0 Å². The maximum absolute atomic E-state index is 12.6. The van der Waals surface area contributed by atoms with Crippen LogP contribution in [-0.4, -0.2) is 20.9 Å². The predicted octanol–water partition coefficient (Wildman–Crippen LogP) is 3.16. The van der Waals surface area contributed by atoms with Gasteiger partial charge >= 0.3 is 0 Å². The molecular formula is C19H22N2O3S. The summed E-state index contributed by atoms with van der Waals surface area (Å²) in [6.07, 6.45) is 1.39. The third kappa shape index (κ3) is 3.75. The fourth-order valence-electron chi connectivity index (χ4n) is 3.16. The van der Waals surface area contributed by atoms with Crippen molar-refractivity contribution in [2.24, 2.45) is 0 Å². The molecule has 2 aromatic carbocycles. The summed E-state index contributed by atoms with van der Waals surface area (Å²) >= 11 is 0. The zero-order valence-electron chi connectivity index (χ0n) is 14.4. The molecule has 3 rings (SSSR count). The summed E-state index contributed by atoms with van der Waals surface area (Å²) in [7, 11) is -3.63. The van der Waals surface area contributed by atoms with Gasteiger partial charge in [0.2, 0.25) is 15.9 Å². The maximum atomic E-state index is 12.6. The molecule has 5 nitrogen and oxygen atoms in total. The summed E-state index contributed by atoms with van der Waals surface area (Å²) in [4.78, 5) is 13.7. The van der Waals surface area contributed by atoms with Gasteiger partial charge in [0.25, 0.3) is 0 Å². The first-order valence-electron chi connectivity index (χ1n) is 8.37. The van der Waals surface area contributed by atoms with E-state index in [1.54, 1.807) is 29.2 Å². The number of carbonyl (C=O) groups excluding carboxylic acids is 1. The molecule has 0 aliphatic carbocycles. The highest BCUT2D eigenvalue weighted by Gasteiger charge is 2.23.